The van der Waals surface area contributed by atoms with Gasteiger partial charge in [0, 0.05) is 30.7 Å². The summed E-state index contributed by atoms with van der Waals surface area (Å²) in [4.78, 5) is 41.1. The third-order valence-electron chi connectivity index (χ3n) is 5.83. The highest BCUT2D eigenvalue weighted by molar-refractivity contribution is 6.00. The lowest BCUT2D eigenvalue weighted by Gasteiger charge is -2.44. The van der Waals surface area contributed by atoms with Crippen molar-refractivity contribution < 1.29 is 14.3 Å². The van der Waals surface area contributed by atoms with Crippen LogP contribution >= 0.6 is 0 Å². The minimum Gasteiger partial charge on any atom is -0.489 e. The zero-order chi connectivity index (χ0) is 22.9. The van der Waals surface area contributed by atoms with E-state index in [4.69, 9.17) is 4.74 Å². The van der Waals surface area contributed by atoms with E-state index < -0.39 is 0 Å². The summed E-state index contributed by atoms with van der Waals surface area (Å²) in [7, 11) is 0. The van der Waals surface area contributed by atoms with E-state index in [0.717, 1.165) is 23.3 Å². The molecule has 9 nitrogen and oxygen atoms in total. The summed E-state index contributed by atoms with van der Waals surface area (Å²) < 4.78 is 6.04. The number of pyridine rings is 1. The lowest BCUT2D eigenvalue weighted by atomic mass is 10.1. The molecule has 2 aliphatic rings. The summed E-state index contributed by atoms with van der Waals surface area (Å²) in [5.74, 6) is 1.15. The summed E-state index contributed by atoms with van der Waals surface area (Å²) in [6.07, 6.45) is 5.79. The van der Waals surface area contributed by atoms with Crippen molar-refractivity contribution in [1.29, 1.82) is 0 Å². The van der Waals surface area contributed by atoms with Crippen LogP contribution in [0.5, 0.6) is 5.75 Å². The molecular weight excluding hydrogens is 420 g/mol. The van der Waals surface area contributed by atoms with Gasteiger partial charge in [0.05, 0.1) is 41.4 Å². The Hall–Kier alpha value is -4.01. The second-order valence-corrected chi connectivity index (χ2v) is 8.43. The average Bonchev–Trinajstić information content (AvgIpc) is 2.84. The topological polar surface area (TPSA) is 101 Å². The molecule has 2 aliphatic heterocycles. The molecular formula is C24H24N6O3. The van der Waals surface area contributed by atoms with Gasteiger partial charge < -0.3 is 15.0 Å². The highest BCUT2D eigenvalue weighted by atomic mass is 16.5. The van der Waals surface area contributed by atoms with E-state index in [1.54, 1.807) is 12.4 Å². The summed E-state index contributed by atoms with van der Waals surface area (Å²) in [5, 5.41) is 3.18. The maximum atomic E-state index is 13.1. The molecule has 0 aliphatic carbocycles. The second kappa shape index (κ2) is 8.50. The number of nitrogens with zero attached hydrogens (tertiary/aromatic N) is 5. The number of rotatable bonds is 5. The predicted molar refractivity (Wildman–Crippen MR) is 124 cm³/mol. The maximum Gasteiger partial charge on any atom is 0.247 e. The number of benzene rings is 1. The van der Waals surface area contributed by atoms with Crippen molar-refractivity contribution in [3.05, 3.63) is 60.2 Å². The van der Waals surface area contributed by atoms with Crippen LogP contribution in [0.4, 0.5) is 23.0 Å². The minimum absolute atomic E-state index is 0.0229. The first-order valence-corrected chi connectivity index (χ1v) is 10.9. The average molecular weight is 444 g/mol. The highest BCUT2D eigenvalue weighted by Gasteiger charge is 2.38. The van der Waals surface area contributed by atoms with Gasteiger partial charge in [0.2, 0.25) is 11.9 Å². The van der Waals surface area contributed by atoms with Crippen molar-refractivity contribution in [1.82, 2.24) is 15.0 Å². The van der Waals surface area contributed by atoms with Crippen molar-refractivity contribution in [2.24, 2.45) is 0 Å². The summed E-state index contributed by atoms with van der Waals surface area (Å²) >= 11 is 0. The molecule has 1 saturated heterocycles. The molecule has 1 amide bonds. The van der Waals surface area contributed by atoms with Crippen LogP contribution in [0.15, 0.2) is 48.9 Å². The van der Waals surface area contributed by atoms with Crippen molar-refractivity contribution in [2.75, 3.05) is 34.8 Å². The Kier molecular flexibility index (Phi) is 5.37. The molecule has 5 rings (SSSR count). The number of anilines is 4. The number of nitrogens with one attached hydrogen (secondary N) is 1. The van der Waals surface area contributed by atoms with Crippen LogP contribution in [-0.4, -0.2) is 52.9 Å². The van der Waals surface area contributed by atoms with Gasteiger partial charge >= 0.3 is 0 Å². The standard InChI is InChI=1S/C24H24N6O3/c1-15(2)23-16(13-31)9-26-24(28-23)27-17-5-6-20-21(8-17)33-14-19-11-29(12-22(32)30(19)20)18-4-3-7-25-10-18/h3-10,13,15,19H,11-12,14H2,1-2H3,(H,26,27,28). The van der Waals surface area contributed by atoms with Gasteiger partial charge in [-0.25, -0.2) is 9.97 Å². The number of piperazine rings is 1. The first-order chi connectivity index (χ1) is 16.0. The molecule has 3 aromatic rings. The van der Waals surface area contributed by atoms with Crippen LogP contribution in [0.25, 0.3) is 0 Å². The third-order valence-corrected chi connectivity index (χ3v) is 5.83. The Morgan fingerprint density at radius 2 is 2.12 bits per heavy atom. The zero-order valence-corrected chi connectivity index (χ0v) is 18.4. The number of hydrogen-bond donors (Lipinski definition) is 1. The van der Waals surface area contributed by atoms with Crippen LogP contribution in [0.1, 0.15) is 35.8 Å². The van der Waals surface area contributed by atoms with E-state index in [0.29, 0.717) is 36.1 Å². The van der Waals surface area contributed by atoms with E-state index >= 15 is 0 Å². The van der Waals surface area contributed by atoms with E-state index in [-0.39, 0.29) is 24.4 Å². The number of ether oxygens (including phenoxy) is 1. The van der Waals surface area contributed by atoms with Crippen LogP contribution in [0.3, 0.4) is 0 Å². The fourth-order valence-electron chi connectivity index (χ4n) is 4.28. The number of carbonyl (C=O) groups excluding carboxylic acids is 2. The second-order valence-electron chi connectivity index (χ2n) is 8.43. The van der Waals surface area contributed by atoms with Crippen LogP contribution in [-0.2, 0) is 4.79 Å². The van der Waals surface area contributed by atoms with Crippen LogP contribution < -0.4 is 19.9 Å². The zero-order valence-electron chi connectivity index (χ0n) is 18.4. The Morgan fingerprint density at radius 1 is 1.24 bits per heavy atom. The van der Waals surface area contributed by atoms with E-state index in [1.165, 1.54) is 6.20 Å². The largest absolute Gasteiger partial charge is 0.489 e. The summed E-state index contributed by atoms with van der Waals surface area (Å²) in [6, 6.07) is 9.35. The molecule has 4 heterocycles. The molecule has 0 spiro atoms. The number of amides is 1. The summed E-state index contributed by atoms with van der Waals surface area (Å²) in [6.45, 7) is 5.32. The molecule has 168 valence electrons. The molecule has 1 unspecified atom stereocenters. The Labute approximate surface area is 191 Å². The van der Waals surface area contributed by atoms with Crippen molar-refractivity contribution in [3.8, 4) is 5.75 Å². The Bertz CT molecular complexity index is 1200. The lowest BCUT2D eigenvalue weighted by molar-refractivity contribution is -0.119. The Balaban J connectivity index is 1.37. The van der Waals surface area contributed by atoms with Gasteiger partial charge in [-0.15, -0.1) is 0 Å². The van der Waals surface area contributed by atoms with E-state index in [2.05, 4.69) is 20.3 Å². The number of aldehydes is 1. The van der Waals surface area contributed by atoms with Crippen LogP contribution in [0, 0.1) is 0 Å². The number of aromatic nitrogens is 3. The van der Waals surface area contributed by atoms with Gasteiger partial charge in [0.15, 0.2) is 6.29 Å². The lowest BCUT2D eigenvalue weighted by Crippen LogP contribution is -2.60. The normalized spacial score (nSPS) is 17.3. The fourth-order valence-corrected chi connectivity index (χ4v) is 4.28. The van der Waals surface area contributed by atoms with E-state index in [1.807, 2.05) is 54.0 Å². The smallest absolute Gasteiger partial charge is 0.247 e. The predicted octanol–water partition coefficient (Wildman–Crippen LogP) is 3.17. The first-order valence-electron chi connectivity index (χ1n) is 10.9. The number of fused-ring (bicyclic) bond motifs is 3. The Morgan fingerprint density at radius 3 is 2.88 bits per heavy atom. The third kappa shape index (κ3) is 3.97. The van der Waals surface area contributed by atoms with Crippen LogP contribution in [0.2, 0.25) is 0 Å². The van der Waals surface area contributed by atoms with E-state index in [9.17, 15) is 9.59 Å². The monoisotopic (exact) mass is 444 g/mol. The van der Waals surface area contributed by atoms with Crippen molar-refractivity contribution in [3.63, 3.8) is 0 Å². The molecule has 33 heavy (non-hydrogen) atoms. The van der Waals surface area contributed by atoms with Gasteiger partial charge in [-0.3, -0.25) is 19.5 Å². The maximum absolute atomic E-state index is 13.1. The fraction of sp³-hybridized carbons (Fsp3) is 0.292. The molecule has 1 atom stereocenters. The molecule has 0 radical (unpaired) electrons. The first kappa shape index (κ1) is 20.9. The highest BCUT2D eigenvalue weighted by Crippen LogP contribution is 2.38. The van der Waals surface area contributed by atoms with Crippen molar-refractivity contribution >= 4 is 35.2 Å². The van der Waals surface area contributed by atoms with Gasteiger partial charge in [0.25, 0.3) is 0 Å². The molecule has 9 heteroatoms. The van der Waals surface area contributed by atoms with Gasteiger partial charge in [0.1, 0.15) is 12.4 Å². The molecule has 1 aromatic carbocycles. The SMILES string of the molecule is CC(C)c1nc(Nc2ccc3c(c2)OCC2CN(c4cccnc4)CC(=O)N32)ncc1C=O. The molecule has 2 aromatic heterocycles. The van der Waals surface area contributed by atoms with Crippen molar-refractivity contribution in [2.45, 2.75) is 25.8 Å². The number of carbonyl (C=O) groups is 2. The molecule has 1 fully saturated rings. The van der Waals surface area contributed by atoms with Gasteiger partial charge in [-0.05, 0) is 30.2 Å². The quantitative estimate of drug-likeness (QED) is 0.599. The minimum atomic E-state index is -0.0782. The molecule has 0 saturated carbocycles. The number of hydrogen-bond acceptors (Lipinski definition) is 8. The molecule has 1 N–H and O–H groups in total. The van der Waals surface area contributed by atoms with Gasteiger partial charge in [-0.2, -0.15) is 0 Å². The van der Waals surface area contributed by atoms with Gasteiger partial charge in [-0.1, -0.05) is 13.8 Å². The molecule has 0 bridgehead atoms. The summed E-state index contributed by atoms with van der Waals surface area (Å²) in [5.41, 5.74) is 3.60.